The largest absolute Gasteiger partial charge is 0.543 e. The molecular formula is C32H35N7O11S2. The van der Waals surface area contributed by atoms with Crippen LogP contribution in [0.2, 0.25) is 0 Å². The number of phenolic OH excluding ortho intramolecular Hbond substituents is 2. The molecule has 2 fully saturated rings. The van der Waals surface area contributed by atoms with E-state index in [9.17, 15) is 49.2 Å². The Morgan fingerprint density at radius 2 is 1.77 bits per heavy atom. The first-order valence-corrected chi connectivity index (χ1v) is 18.1. The summed E-state index contributed by atoms with van der Waals surface area (Å²) in [5.74, 6) is -7.23. The van der Waals surface area contributed by atoms with Crippen LogP contribution in [0.5, 0.6) is 11.5 Å². The molecule has 0 saturated carbocycles. The molecule has 0 radical (unpaired) electrons. The first-order valence-electron chi connectivity index (χ1n) is 16.2. The summed E-state index contributed by atoms with van der Waals surface area (Å²) in [5.41, 5.74) is 6.65. The van der Waals surface area contributed by atoms with E-state index in [1.807, 2.05) is 0 Å². The minimum absolute atomic E-state index is 0.0435. The third-order valence-corrected chi connectivity index (χ3v) is 11.6. The van der Waals surface area contributed by atoms with Gasteiger partial charge in [-0.2, -0.15) is 0 Å². The van der Waals surface area contributed by atoms with Crippen LogP contribution < -0.4 is 16.3 Å². The highest BCUT2D eigenvalue weighted by Crippen LogP contribution is 2.46. The number of thioether (sulfide) groups is 1. The summed E-state index contributed by atoms with van der Waals surface area (Å²) in [6.07, 6.45) is 1.33. The number of fused-ring (bicyclic) bond motifs is 2. The molecule has 3 amide bonds. The third kappa shape index (κ3) is 6.69. The third-order valence-electron chi connectivity index (χ3n) is 9.54. The van der Waals surface area contributed by atoms with Crippen LogP contribution >= 0.6 is 23.1 Å². The lowest BCUT2D eigenvalue weighted by Gasteiger charge is -2.51. The minimum atomic E-state index is -1.78. The fraction of sp³-hybridized carbons (Fsp3) is 0.438. The Kier molecular flexibility index (Phi) is 9.77. The predicted octanol–water partition coefficient (Wildman–Crippen LogP) is -0.374. The maximum absolute atomic E-state index is 13.5. The van der Waals surface area contributed by atoms with Crippen LogP contribution in [-0.4, -0.2) is 125 Å². The standard InChI is InChI=1S/C32H35N7O11S2/c1-32(2,30(48)49)50-36-23(19-14-52-31(33)35-19)22(42)11-18-25(43)37-24(29(46)47)15(13-51-28(18)37)12-39(6-3-4-7-39)8-5-34-38-26(44)16-9-20(40)21(41)10-17(16)27(38)45/h9-10,14,18,28,34H,3-8,11-13H2,1-2H3,(H5-,33,35,36,40,41,42,44,45,46,47,48,49)/t18-,28-/m1/s1. The molecule has 5 heterocycles. The number of amides is 3. The Morgan fingerprint density at radius 1 is 1.13 bits per heavy atom. The number of aliphatic carboxylic acids is 2. The topological polar surface area (TPSA) is 265 Å². The molecule has 276 valence electrons. The molecule has 6 rings (SSSR count). The number of oxime groups is 1. The Bertz CT molecular complexity index is 1910. The number of nitrogens with one attached hydrogen (secondary N) is 1. The summed E-state index contributed by atoms with van der Waals surface area (Å²) in [5, 5.41) is 47.1. The van der Waals surface area contributed by atoms with Crippen molar-refractivity contribution < 1.29 is 58.5 Å². The molecule has 2 aromatic rings. The lowest BCUT2D eigenvalue weighted by molar-refractivity contribution is -0.911. The van der Waals surface area contributed by atoms with Gasteiger partial charge in [-0.25, -0.2) is 20.2 Å². The SMILES string of the molecule is CC(C)(O/N=C(\C(=O)C[C@@H]1C(=O)N2C(C(=O)[O-])=C(C[N+]3(CCNN4C(=O)c5cc(O)c(O)cc5C4=O)CCCC3)CS[C@H]12)c1csc(N)n1)C(=O)O. The lowest BCUT2D eigenvalue weighted by Crippen LogP contribution is -2.64. The average molecular weight is 758 g/mol. The predicted molar refractivity (Wildman–Crippen MR) is 181 cm³/mol. The summed E-state index contributed by atoms with van der Waals surface area (Å²) < 4.78 is 0.419. The quantitative estimate of drug-likeness (QED) is 0.0411. The van der Waals surface area contributed by atoms with Crippen molar-refractivity contribution in [3.8, 4) is 11.5 Å². The Balaban J connectivity index is 1.15. The molecule has 0 unspecified atom stereocenters. The number of phenols is 2. The number of benzene rings is 1. The number of nitrogen functional groups attached to an aromatic ring is 1. The molecule has 52 heavy (non-hydrogen) atoms. The zero-order valence-electron chi connectivity index (χ0n) is 28.0. The second-order valence-corrected chi connectivity index (χ2v) is 15.4. The number of carbonyl (C=O) groups is 6. The molecule has 4 aliphatic rings. The van der Waals surface area contributed by atoms with E-state index in [4.69, 9.17) is 10.6 Å². The molecule has 0 aliphatic carbocycles. The number of nitrogens with two attached hydrogens (primary N) is 1. The number of likely N-dealkylation sites (tertiary alicyclic amines) is 1. The van der Waals surface area contributed by atoms with Crippen LogP contribution in [0.15, 0.2) is 33.9 Å². The number of Topliss-reactive ketones (excluding diaryl/α,β-unsaturated/α-hetero) is 1. The van der Waals surface area contributed by atoms with Crippen LogP contribution in [0.4, 0.5) is 5.13 Å². The Hall–Kier alpha value is -5.05. The van der Waals surface area contributed by atoms with Gasteiger partial charge < -0.3 is 40.3 Å². The number of imide groups is 1. The van der Waals surface area contributed by atoms with Gasteiger partial charge in [-0.3, -0.25) is 24.1 Å². The van der Waals surface area contributed by atoms with Crippen molar-refractivity contribution in [2.45, 2.75) is 44.1 Å². The minimum Gasteiger partial charge on any atom is -0.543 e. The van der Waals surface area contributed by atoms with Gasteiger partial charge in [0.2, 0.25) is 11.5 Å². The molecule has 6 N–H and O–H groups in total. The smallest absolute Gasteiger partial charge is 0.350 e. The van der Waals surface area contributed by atoms with Crippen molar-refractivity contribution >= 4 is 69.4 Å². The van der Waals surface area contributed by atoms with Crippen LogP contribution in [0.3, 0.4) is 0 Å². The normalized spacial score (nSPS) is 21.3. The second kappa shape index (κ2) is 13.8. The number of hydrogen-bond donors (Lipinski definition) is 5. The van der Waals surface area contributed by atoms with Crippen LogP contribution in [0, 0.1) is 5.92 Å². The Labute approximate surface area is 304 Å². The van der Waals surface area contributed by atoms with Gasteiger partial charge in [-0.15, -0.1) is 23.1 Å². The van der Waals surface area contributed by atoms with Crippen LogP contribution in [0.25, 0.3) is 0 Å². The molecule has 1 aromatic heterocycles. The highest BCUT2D eigenvalue weighted by atomic mass is 32.2. The highest BCUT2D eigenvalue weighted by Gasteiger charge is 2.54. The summed E-state index contributed by atoms with van der Waals surface area (Å²) in [6, 6.07) is 2.06. The fourth-order valence-corrected chi connectivity index (χ4v) is 8.69. The molecule has 20 heteroatoms. The number of rotatable bonds is 14. The molecule has 0 spiro atoms. The first-order chi connectivity index (χ1) is 24.5. The van der Waals surface area contributed by atoms with Crippen molar-refractivity contribution in [1.82, 2.24) is 20.3 Å². The number of carboxylic acid groups (broad SMARTS) is 2. The number of carbonyl (C=O) groups excluding carboxylic acids is 5. The van der Waals surface area contributed by atoms with Gasteiger partial charge in [-0.1, -0.05) is 5.16 Å². The van der Waals surface area contributed by atoms with Crippen molar-refractivity contribution in [1.29, 1.82) is 0 Å². The van der Waals surface area contributed by atoms with Crippen LogP contribution in [0.1, 0.15) is 59.5 Å². The molecule has 0 bridgehead atoms. The van der Waals surface area contributed by atoms with Crippen molar-refractivity contribution in [2.75, 3.05) is 44.2 Å². The van der Waals surface area contributed by atoms with Gasteiger partial charge in [0, 0.05) is 36.0 Å². The zero-order valence-corrected chi connectivity index (χ0v) is 29.6. The van der Waals surface area contributed by atoms with E-state index in [2.05, 4.69) is 15.6 Å². The van der Waals surface area contributed by atoms with Gasteiger partial charge >= 0.3 is 5.97 Å². The average Bonchev–Trinajstić information content (AvgIpc) is 3.79. The van der Waals surface area contributed by atoms with Gasteiger partial charge in [0.25, 0.3) is 11.8 Å². The molecule has 4 aliphatic heterocycles. The zero-order chi connectivity index (χ0) is 37.7. The lowest BCUT2D eigenvalue weighted by atomic mass is 9.89. The van der Waals surface area contributed by atoms with E-state index in [-0.39, 0.29) is 58.6 Å². The summed E-state index contributed by atoms with van der Waals surface area (Å²) >= 11 is 2.33. The molecule has 1 aromatic carbocycles. The molecule has 2 atom stereocenters. The van der Waals surface area contributed by atoms with E-state index in [1.165, 1.54) is 31.0 Å². The number of hydrogen-bond acceptors (Lipinski definition) is 16. The van der Waals surface area contributed by atoms with Crippen molar-refractivity contribution in [3.05, 3.63) is 45.6 Å². The second-order valence-electron chi connectivity index (χ2n) is 13.4. The number of carboxylic acids is 2. The highest BCUT2D eigenvalue weighted by molar-refractivity contribution is 8.00. The Morgan fingerprint density at radius 3 is 2.33 bits per heavy atom. The van der Waals surface area contributed by atoms with E-state index in [0.29, 0.717) is 29.7 Å². The monoisotopic (exact) mass is 757 g/mol. The number of anilines is 1. The van der Waals surface area contributed by atoms with Gasteiger partial charge in [0.15, 0.2) is 28.1 Å². The number of ketones is 1. The van der Waals surface area contributed by atoms with Crippen LogP contribution in [-0.2, 0) is 24.0 Å². The molecular weight excluding hydrogens is 723 g/mol. The maximum Gasteiger partial charge on any atom is 0.350 e. The van der Waals surface area contributed by atoms with Crippen molar-refractivity contribution in [2.24, 2.45) is 11.1 Å². The number of β-lactam (4-membered cyclic amide) rings is 1. The maximum atomic E-state index is 13.5. The number of thiazole rings is 1. The number of hydrazine groups is 1. The van der Waals surface area contributed by atoms with E-state index < -0.39 is 63.8 Å². The number of aromatic nitrogens is 1. The molecule has 18 nitrogen and oxygen atoms in total. The molecule has 2 saturated heterocycles. The summed E-state index contributed by atoms with van der Waals surface area (Å²) in [4.78, 5) is 87.3. The van der Waals surface area contributed by atoms with Gasteiger partial charge in [0.05, 0.1) is 60.3 Å². The van der Waals surface area contributed by atoms with E-state index in [1.54, 1.807) is 0 Å². The van der Waals surface area contributed by atoms with Gasteiger partial charge in [0.1, 0.15) is 12.2 Å². The number of nitrogens with zero attached hydrogens (tertiary/aromatic N) is 5. The number of quaternary nitrogens is 1. The summed E-state index contributed by atoms with van der Waals surface area (Å²) in [7, 11) is 0. The number of aromatic hydroxyl groups is 2. The van der Waals surface area contributed by atoms with E-state index in [0.717, 1.165) is 46.2 Å². The van der Waals surface area contributed by atoms with E-state index >= 15 is 0 Å². The summed E-state index contributed by atoms with van der Waals surface area (Å²) in [6.45, 7) is 4.66. The van der Waals surface area contributed by atoms with Crippen molar-refractivity contribution in [3.63, 3.8) is 0 Å². The fourth-order valence-electron chi connectivity index (χ4n) is 6.74. The van der Waals surface area contributed by atoms with Gasteiger partial charge in [-0.05, 0) is 26.0 Å². The first kappa shape index (κ1) is 36.7.